The van der Waals surface area contributed by atoms with Gasteiger partial charge in [-0.2, -0.15) is 0 Å². The first-order valence-corrected chi connectivity index (χ1v) is 6.52. The Bertz CT molecular complexity index is 487. The summed E-state index contributed by atoms with van der Waals surface area (Å²) in [5, 5.41) is 12.3. The average molecular weight is 282 g/mol. The number of hydrogen-bond acceptors (Lipinski definition) is 3. The zero-order valence-electron chi connectivity index (χ0n) is 10.4. The molecule has 5 nitrogen and oxygen atoms in total. The van der Waals surface area contributed by atoms with E-state index in [9.17, 15) is 4.79 Å². The van der Waals surface area contributed by atoms with Crippen LogP contribution < -0.4 is 5.73 Å². The van der Waals surface area contributed by atoms with Crippen molar-refractivity contribution >= 4 is 23.3 Å². The molecular weight excluding hydrogens is 266 g/mol. The van der Waals surface area contributed by atoms with Crippen molar-refractivity contribution in [1.82, 2.24) is 4.90 Å². The van der Waals surface area contributed by atoms with Crippen LogP contribution in [0.3, 0.4) is 0 Å². The second-order valence-electron chi connectivity index (χ2n) is 4.62. The van der Waals surface area contributed by atoms with E-state index in [4.69, 9.17) is 22.5 Å². The van der Waals surface area contributed by atoms with Crippen LogP contribution in [-0.2, 0) is 0 Å². The second kappa shape index (κ2) is 5.93. The lowest BCUT2D eigenvalue weighted by Gasteiger charge is -2.32. The number of oxime groups is 1. The number of hydrogen-bond donors (Lipinski definition) is 2. The molecule has 19 heavy (non-hydrogen) atoms. The number of likely N-dealkylation sites (tertiary alicyclic amines) is 1. The molecule has 1 saturated heterocycles. The van der Waals surface area contributed by atoms with Gasteiger partial charge in [0.25, 0.3) is 5.91 Å². The molecule has 1 aliphatic rings. The van der Waals surface area contributed by atoms with Crippen molar-refractivity contribution in [3.05, 3.63) is 34.9 Å². The molecule has 0 aromatic heterocycles. The van der Waals surface area contributed by atoms with E-state index in [-0.39, 0.29) is 17.7 Å². The molecule has 1 amide bonds. The van der Waals surface area contributed by atoms with Gasteiger partial charge in [-0.3, -0.25) is 4.79 Å². The van der Waals surface area contributed by atoms with Gasteiger partial charge in [0.2, 0.25) is 0 Å². The van der Waals surface area contributed by atoms with E-state index in [0.29, 0.717) is 23.7 Å². The van der Waals surface area contributed by atoms with Crippen molar-refractivity contribution in [2.75, 3.05) is 13.1 Å². The van der Waals surface area contributed by atoms with Gasteiger partial charge in [-0.05, 0) is 37.1 Å². The zero-order valence-corrected chi connectivity index (χ0v) is 11.2. The molecule has 0 bridgehead atoms. The number of nitrogens with two attached hydrogens (primary N) is 1. The second-order valence-corrected chi connectivity index (χ2v) is 5.06. The highest BCUT2D eigenvalue weighted by atomic mass is 35.5. The Labute approximate surface area is 116 Å². The molecule has 0 aliphatic carbocycles. The number of benzene rings is 1. The molecular formula is C13H16ClN3O2. The Kier molecular flexibility index (Phi) is 4.27. The van der Waals surface area contributed by atoms with Crippen LogP contribution in [0.2, 0.25) is 5.02 Å². The maximum absolute atomic E-state index is 12.3. The number of amides is 1. The highest BCUT2D eigenvalue weighted by Gasteiger charge is 2.26. The summed E-state index contributed by atoms with van der Waals surface area (Å²) >= 11 is 5.80. The van der Waals surface area contributed by atoms with Crippen LogP contribution >= 0.6 is 11.6 Å². The van der Waals surface area contributed by atoms with E-state index in [0.717, 1.165) is 12.8 Å². The molecule has 1 aliphatic heterocycles. The lowest BCUT2D eigenvalue weighted by molar-refractivity contribution is 0.0701. The van der Waals surface area contributed by atoms with Crippen molar-refractivity contribution in [2.45, 2.75) is 12.8 Å². The van der Waals surface area contributed by atoms with Gasteiger partial charge in [-0.15, -0.1) is 0 Å². The molecule has 1 aromatic rings. The molecule has 102 valence electrons. The third-order valence-corrected chi connectivity index (χ3v) is 3.59. The first-order valence-electron chi connectivity index (χ1n) is 6.14. The van der Waals surface area contributed by atoms with Crippen molar-refractivity contribution < 1.29 is 10.0 Å². The lowest BCUT2D eigenvalue weighted by atomic mass is 9.96. The molecule has 1 fully saturated rings. The van der Waals surface area contributed by atoms with Gasteiger partial charge in [-0.25, -0.2) is 0 Å². The first-order chi connectivity index (χ1) is 9.11. The van der Waals surface area contributed by atoms with Crippen LogP contribution in [0.5, 0.6) is 0 Å². The predicted octanol–water partition coefficient (Wildman–Crippen LogP) is 1.94. The zero-order chi connectivity index (χ0) is 13.8. The number of carbonyl (C=O) groups is 1. The monoisotopic (exact) mass is 281 g/mol. The SMILES string of the molecule is NC(=NO)C1CCCN(C(=O)c2ccc(Cl)cc2)C1. The summed E-state index contributed by atoms with van der Waals surface area (Å²) < 4.78 is 0. The molecule has 2 rings (SSSR count). The van der Waals surface area contributed by atoms with Gasteiger partial charge in [0.15, 0.2) is 0 Å². The van der Waals surface area contributed by atoms with E-state index < -0.39 is 0 Å². The molecule has 0 spiro atoms. The molecule has 0 radical (unpaired) electrons. The topological polar surface area (TPSA) is 78.9 Å². The fraction of sp³-hybridized carbons (Fsp3) is 0.385. The maximum Gasteiger partial charge on any atom is 0.253 e. The number of rotatable bonds is 2. The Hall–Kier alpha value is -1.75. The largest absolute Gasteiger partial charge is 0.409 e. The van der Waals surface area contributed by atoms with Crippen LogP contribution in [0.1, 0.15) is 23.2 Å². The summed E-state index contributed by atoms with van der Waals surface area (Å²) in [5.41, 5.74) is 6.21. The number of piperidine rings is 1. The summed E-state index contributed by atoms with van der Waals surface area (Å²) in [6, 6.07) is 6.80. The standard InChI is InChI=1S/C13H16ClN3O2/c14-11-5-3-9(4-6-11)13(18)17-7-1-2-10(8-17)12(15)16-19/h3-6,10,19H,1-2,7-8H2,(H2,15,16). The van der Waals surface area contributed by atoms with Crippen molar-refractivity contribution in [3.8, 4) is 0 Å². The molecule has 1 atom stereocenters. The Morgan fingerprint density at radius 1 is 1.42 bits per heavy atom. The highest BCUT2D eigenvalue weighted by Crippen LogP contribution is 2.19. The predicted molar refractivity (Wildman–Crippen MR) is 73.5 cm³/mol. The third kappa shape index (κ3) is 3.17. The van der Waals surface area contributed by atoms with E-state index in [1.165, 1.54) is 0 Å². The molecule has 1 aromatic carbocycles. The van der Waals surface area contributed by atoms with Crippen molar-refractivity contribution in [1.29, 1.82) is 0 Å². The van der Waals surface area contributed by atoms with Crippen molar-refractivity contribution in [3.63, 3.8) is 0 Å². The van der Waals surface area contributed by atoms with E-state index in [1.54, 1.807) is 29.2 Å². The first kappa shape index (κ1) is 13.7. The van der Waals surface area contributed by atoms with E-state index >= 15 is 0 Å². The quantitative estimate of drug-likeness (QED) is 0.376. The van der Waals surface area contributed by atoms with Crippen LogP contribution in [0, 0.1) is 5.92 Å². The molecule has 3 N–H and O–H groups in total. The van der Waals surface area contributed by atoms with Gasteiger partial charge in [-0.1, -0.05) is 16.8 Å². The number of nitrogens with zero attached hydrogens (tertiary/aromatic N) is 2. The maximum atomic E-state index is 12.3. The van der Waals surface area contributed by atoms with Crippen LogP contribution in [0.15, 0.2) is 29.4 Å². The fourth-order valence-corrected chi connectivity index (χ4v) is 2.39. The Balaban J connectivity index is 2.09. The van der Waals surface area contributed by atoms with Gasteiger partial charge < -0.3 is 15.8 Å². The highest BCUT2D eigenvalue weighted by molar-refractivity contribution is 6.30. The molecule has 1 heterocycles. The smallest absolute Gasteiger partial charge is 0.253 e. The minimum absolute atomic E-state index is 0.0490. The van der Waals surface area contributed by atoms with Crippen LogP contribution in [0.4, 0.5) is 0 Å². The number of halogens is 1. The summed E-state index contributed by atoms with van der Waals surface area (Å²) in [6.45, 7) is 1.17. The lowest BCUT2D eigenvalue weighted by Crippen LogP contribution is -2.44. The van der Waals surface area contributed by atoms with Gasteiger partial charge in [0.1, 0.15) is 5.84 Å². The minimum atomic E-state index is -0.0741. The minimum Gasteiger partial charge on any atom is -0.409 e. The Morgan fingerprint density at radius 2 is 2.11 bits per heavy atom. The van der Waals surface area contributed by atoms with Crippen molar-refractivity contribution in [2.24, 2.45) is 16.8 Å². The molecule has 1 unspecified atom stereocenters. The van der Waals surface area contributed by atoms with Gasteiger partial charge >= 0.3 is 0 Å². The fourth-order valence-electron chi connectivity index (χ4n) is 2.26. The summed E-state index contributed by atoms with van der Waals surface area (Å²) in [7, 11) is 0. The number of amidine groups is 1. The summed E-state index contributed by atoms with van der Waals surface area (Å²) in [6.07, 6.45) is 1.68. The van der Waals surface area contributed by atoms with E-state index in [2.05, 4.69) is 5.16 Å². The van der Waals surface area contributed by atoms with Crippen LogP contribution in [-0.4, -0.2) is 34.9 Å². The average Bonchev–Trinajstić information content (AvgIpc) is 2.46. The summed E-state index contributed by atoms with van der Waals surface area (Å²) in [5.74, 6) is 0.0655. The Morgan fingerprint density at radius 3 is 2.74 bits per heavy atom. The normalized spacial score (nSPS) is 20.4. The number of carbonyl (C=O) groups excluding carboxylic acids is 1. The molecule has 0 saturated carbocycles. The van der Waals surface area contributed by atoms with E-state index in [1.807, 2.05) is 0 Å². The van der Waals surface area contributed by atoms with Gasteiger partial charge in [0, 0.05) is 29.6 Å². The van der Waals surface area contributed by atoms with Gasteiger partial charge in [0.05, 0.1) is 0 Å². The summed E-state index contributed by atoms with van der Waals surface area (Å²) in [4.78, 5) is 14.0. The van der Waals surface area contributed by atoms with Crippen LogP contribution in [0.25, 0.3) is 0 Å². The third-order valence-electron chi connectivity index (χ3n) is 3.33. The molecule has 6 heteroatoms.